The van der Waals surface area contributed by atoms with Crippen LogP contribution in [0.1, 0.15) is 32.9 Å². The van der Waals surface area contributed by atoms with Crippen molar-refractivity contribution in [1.82, 2.24) is 4.98 Å². The quantitative estimate of drug-likeness (QED) is 0.827. The van der Waals surface area contributed by atoms with Crippen LogP contribution in [-0.2, 0) is 11.2 Å². The third-order valence-electron chi connectivity index (χ3n) is 3.02. The van der Waals surface area contributed by atoms with Crippen molar-refractivity contribution < 1.29 is 14.7 Å². The number of aliphatic carboxylic acids is 1. The number of carbonyl (C=O) groups is 2. The number of carboxylic acids is 1. The predicted molar refractivity (Wildman–Crippen MR) is 71.5 cm³/mol. The van der Waals surface area contributed by atoms with Gasteiger partial charge in [-0.2, -0.15) is 0 Å². The van der Waals surface area contributed by atoms with Crippen molar-refractivity contribution >= 4 is 11.8 Å². The van der Waals surface area contributed by atoms with E-state index in [-0.39, 0.29) is 12.2 Å². The number of aromatic amines is 1. The normalized spacial score (nSPS) is 10.4. The van der Waals surface area contributed by atoms with Gasteiger partial charge in [0.15, 0.2) is 0 Å². The van der Waals surface area contributed by atoms with Crippen molar-refractivity contribution in [3.63, 3.8) is 0 Å². The highest BCUT2D eigenvalue weighted by Gasteiger charge is 2.14. The van der Waals surface area contributed by atoms with Gasteiger partial charge >= 0.3 is 5.97 Å². The summed E-state index contributed by atoms with van der Waals surface area (Å²) in [6, 6.07) is 8.91. The van der Waals surface area contributed by atoms with Gasteiger partial charge in [0.25, 0.3) is 0 Å². The Bertz CT molecular complexity index is 623. The fraction of sp³-hybridized carbons (Fsp3) is 0.200. The molecule has 2 N–H and O–H groups in total. The molecule has 2 rings (SSSR count). The smallest absolute Gasteiger partial charge is 0.307 e. The molecule has 0 fully saturated rings. The van der Waals surface area contributed by atoms with Crippen LogP contribution in [0.4, 0.5) is 0 Å². The van der Waals surface area contributed by atoms with E-state index in [1.807, 2.05) is 19.1 Å². The highest BCUT2D eigenvalue weighted by atomic mass is 16.4. The van der Waals surface area contributed by atoms with Crippen LogP contribution < -0.4 is 0 Å². The summed E-state index contributed by atoms with van der Waals surface area (Å²) in [4.78, 5) is 25.9. The molecule has 1 aromatic carbocycles. The third kappa shape index (κ3) is 2.91. The first-order chi connectivity index (χ1) is 8.97. The van der Waals surface area contributed by atoms with Crippen molar-refractivity contribution in [3.8, 4) is 0 Å². The number of aromatic nitrogens is 1. The molecule has 1 heterocycles. The number of ketones is 1. The maximum atomic E-state index is 12.2. The zero-order valence-corrected chi connectivity index (χ0v) is 10.9. The van der Waals surface area contributed by atoms with Crippen LogP contribution >= 0.6 is 0 Å². The molecule has 0 aliphatic rings. The van der Waals surface area contributed by atoms with Crippen molar-refractivity contribution in [2.45, 2.75) is 20.3 Å². The summed E-state index contributed by atoms with van der Waals surface area (Å²) in [5.41, 5.74) is 3.47. The van der Waals surface area contributed by atoms with Crippen molar-refractivity contribution in [1.29, 1.82) is 0 Å². The Labute approximate surface area is 111 Å². The molecule has 4 nitrogen and oxygen atoms in total. The lowest BCUT2D eigenvalue weighted by Gasteiger charge is -1.99. The Kier molecular flexibility index (Phi) is 3.51. The number of hydrogen-bond donors (Lipinski definition) is 2. The molecule has 0 aliphatic carbocycles. The number of benzene rings is 1. The molecule has 4 heteroatoms. The second-order valence-electron chi connectivity index (χ2n) is 4.60. The molecule has 0 aliphatic heterocycles. The molecular weight excluding hydrogens is 242 g/mol. The largest absolute Gasteiger partial charge is 0.481 e. The number of aryl methyl sites for hydroxylation is 2. The molecule has 0 spiro atoms. The Hall–Kier alpha value is -2.36. The average molecular weight is 257 g/mol. The first-order valence-corrected chi connectivity index (χ1v) is 5.99. The molecule has 0 atom stereocenters. The minimum absolute atomic E-state index is 0.0799. The molecule has 98 valence electrons. The molecular formula is C15H15NO3. The zero-order valence-electron chi connectivity index (χ0n) is 10.9. The molecule has 0 bridgehead atoms. The predicted octanol–water partition coefficient (Wildman–Crippen LogP) is 2.49. The summed E-state index contributed by atoms with van der Waals surface area (Å²) in [6.45, 7) is 3.72. The summed E-state index contributed by atoms with van der Waals surface area (Å²) >= 11 is 0. The van der Waals surface area contributed by atoms with Crippen molar-refractivity contribution in [2.24, 2.45) is 0 Å². The van der Waals surface area contributed by atoms with E-state index in [2.05, 4.69) is 4.98 Å². The number of carboxylic acid groups (broad SMARTS) is 1. The third-order valence-corrected chi connectivity index (χ3v) is 3.02. The summed E-state index contributed by atoms with van der Waals surface area (Å²) in [5.74, 6) is -1.03. The highest BCUT2D eigenvalue weighted by Crippen LogP contribution is 2.15. The molecule has 0 saturated carbocycles. The number of carbonyl (C=O) groups excluding carboxylic acids is 1. The van der Waals surface area contributed by atoms with Gasteiger partial charge in [-0.05, 0) is 25.5 Å². The van der Waals surface area contributed by atoms with Crippen LogP contribution in [0.25, 0.3) is 0 Å². The maximum Gasteiger partial charge on any atom is 0.307 e. The van der Waals surface area contributed by atoms with Gasteiger partial charge in [0.05, 0.1) is 12.1 Å². The van der Waals surface area contributed by atoms with E-state index in [4.69, 9.17) is 5.11 Å². The van der Waals surface area contributed by atoms with Gasteiger partial charge < -0.3 is 10.1 Å². The number of rotatable bonds is 4. The van der Waals surface area contributed by atoms with Crippen molar-refractivity contribution in [2.75, 3.05) is 0 Å². The van der Waals surface area contributed by atoms with Crippen LogP contribution in [0.5, 0.6) is 0 Å². The molecule has 0 unspecified atom stereocenters. The van der Waals surface area contributed by atoms with Crippen LogP contribution in [0, 0.1) is 13.8 Å². The summed E-state index contributed by atoms with van der Waals surface area (Å²) in [7, 11) is 0. The summed E-state index contributed by atoms with van der Waals surface area (Å²) in [5, 5.41) is 8.79. The lowest BCUT2D eigenvalue weighted by Crippen LogP contribution is -2.01. The van der Waals surface area contributed by atoms with E-state index in [9.17, 15) is 9.59 Å². The van der Waals surface area contributed by atoms with Gasteiger partial charge in [0.1, 0.15) is 0 Å². The minimum atomic E-state index is -0.906. The first kappa shape index (κ1) is 13.1. The van der Waals surface area contributed by atoms with Crippen LogP contribution in [0.15, 0.2) is 30.3 Å². The monoisotopic (exact) mass is 257 g/mol. The van der Waals surface area contributed by atoms with Gasteiger partial charge in [-0.1, -0.05) is 29.8 Å². The lowest BCUT2D eigenvalue weighted by molar-refractivity contribution is -0.136. The zero-order chi connectivity index (χ0) is 14.0. The van der Waals surface area contributed by atoms with Gasteiger partial charge in [-0.25, -0.2) is 0 Å². The molecule has 0 radical (unpaired) electrons. The Morgan fingerprint density at radius 1 is 1.16 bits per heavy atom. The summed E-state index contributed by atoms with van der Waals surface area (Å²) < 4.78 is 0. The second-order valence-corrected chi connectivity index (χ2v) is 4.60. The molecule has 1 aromatic heterocycles. The van der Waals surface area contributed by atoms with Gasteiger partial charge in [-0.3, -0.25) is 9.59 Å². The second kappa shape index (κ2) is 5.10. The fourth-order valence-electron chi connectivity index (χ4n) is 1.93. The Balaban J connectivity index is 2.29. The first-order valence-electron chi connectivity index (χ1n) is 5.99. The minimum Gasteiger partial charge on any atom is -0.481 e. The van der Waals surface area contributed by atoms with Crippen LogP contribution in [0.3, 0.4) is 0 Å². The molecule has 0 amide bonds. The Morgan fingerprint density at radius 2 is 1.79 bits per heavy atom. The maximum absolute atomic E-state index is 12.2. The fourth-order valence-corrected chi connectivity index (χ4v) is 1.93. The standard InChI is InChI=1S/C15H15NO3/c1-9-3-5-11(6-4-9)15(19)13-7-12(8-14(17)18)10(2)16-13/h3-7,16H,8H2,1-2H3,(H,17,18). The number of H-pyrrole nitrogens is 1. The SMILES string of the molecule is Cc1ccc(C(=O)c2cc(CC(=O)O)c(C)[nH]2)cc1. The Morgan fingerprint density at radius 3 is 2.37 bits per heavy atom. The van der Waals surface area contributed by atoms with E-state index < -0.39 is 5.97 Å². The van der Waals surface area contributed by atoms with E-state index >= 15 is 0 Å². The van der Waals surface area contributed by atoms with E-state index in [0.29, 0.717) is 16.8 Å². The van der Waals surface area contributed by atoms with Crippen LogP contribution in [0.2, 0.25) is 0 Å². The van der Waals surface area contributed by atoms with Crippen molar-refractivity contribution in [3.05, 3.63) is 58.4 Å². The van der Waals surface area contributed by atoms with Gasteiger partial charge in [-0.15, -0.1) is 0 Å². The molecule has 19 heavy (non-hydrogen) atoms. The highest BCUT2D eigenvalue weighted by molar-refractivity contribution is 6.08. The van der Waals surface area contributed by atoms with Gasteiger partial charge in [0.2, 0.25) is 5.78 Å². The van der Waals surface area contributed by atoms with E-state index in [1.165, 1.54) is 0 Å². The van der Waals surface area contributed by atoms with Crippen LogP contribution in [-0.4, -0.2) is 21.8 Å². The van der Waals surface area contributed by atoms with Gasteiger partial charge in [0, 0.05) is 11.3 Å². The number of nitrogens with one attached hydrogen (secondary N) is 1. The molecule has 2 aromatic rings. The van der Waals surface area contributed by atoms with E-state index in [0.717, 1.165) is 11.3 Å². The average Bonchev–Trinajstić information content (AvgIpc) is 2.70. The topological polar surface area (TPSA) is 70.2 Å². The number of hydrogen-bond acceptors (Lipinski definition) is 2. The molecule has 0 saturated heterocycles. The lowest BCUT2D eigenvalue weighted by atomic mass is 10.1. The summed E-state index contributed by atoms with van der Waals surface area (Å²) in [6.07, 6.45) is -0.0799. The van der Waals surface area contributed by atoms with E-state index in [1.54, 1.807) is 25.1 Å².